The summed E-state index contributed by atoms with van der Waals surface area (Å²) < 4.78 is 5.28. The second kappa shape index (κ2) is 3.63. The fraction of sp³-hybridized carbons (Fsp3) is 0.583. The summed E-state index contributed by atoms with van der Waals surface area (Å²) >= 11 is 0. The molecular formula is C12H16N2O2. The first-order chi connectivity index (χ1) is 7.77. The molecule has 0 aliphatic carbocycles. The summed E-state index contributed by atoms with van der Waals surface area (Å²) in [5.41, 5.74) is 0.930. The molecule has 2 aliphatic rings. The maximum Gasteiger partial charge on any atom is 0.290 e. The van der Waals surface area contributed by atoms with E-state index in [1.165, 1.54) is 0 Å². The number of carbonyl (C=O) groups excluding carboxylic acids is 1. The summed E-state index contributed by atoms with van der Waals surface area (Å²) in [6.07, 6.45) is 3.72. The average Bonchev–Trinajstić information content (AvgIpc) is 2.90. The number of hydrogen-bond donors (Lipinski definition) is 1. The predicted octanol–water partition coefficient (Wildman–Crippen LogP) is 1.16. The van der Waals surface area contributed by atoms with Gasteiger partial charge >= 0.3 is 0 Å². The van der Waals surface area contributed by atoms with Crippen molar-refractivity contribution in [1.82, 2.24) is 10.2 Å². The zero-order valence-corrected chi connectivity index (χ0v) is 9.40. The van der Waals surface area contributed by atoms with Crippen LogP contribution >= 0.6 is 0 Å². The van der Waals surface area contributed by atoms with Crippen LogP contribution in [0, 0.1) is 6.92 Å². The third-order valence-electron chi connectivity index (χ3n) is 3.71. The molecule has 86 valence electrons. The molecule has 2 unspecified atom stereocenters. The first-order valence-electron chi connectivity index (χ1n) is 5.86. The molecule has 0 spiro atoms. The second-order valence-electron chi connectivity index (χ2n) is 4.64. The minimum Gasteiger partial charge on any atom is -0.459 e. The summed E-state index contributed by atoms with van der Waals surface area (Å²) in [6.45, 7) is 3.79. The Morgan fingerprint density at radius 3 is 3.19 bits per heavy atom. The lowest BCUT2D eigenvalue weighted by molar-refractivity contribution is 0.0703. The van der Waals surface area contributed by atoms with Crippen molar-refractivity contribution >= 4 is 5.91 Å². The number of hydrogen-bond acceptors (Lipinski definition) is 3. The molecule has 2 saturated heterocycles. The van der Waals surface area contributed by atoms with Gasteiger partial charge in [-0.25, -0.2) is 0 Å². The van der Waals surface area contributed by atoms with Gasteiger partial charge in [-0.1, -0.05) is 0 Å². The van der Waals surface area contributed by atoms with Crippen LogP contribution in [0.15, 0.2) is 16.7 Å². The summed E-state index contributed by atoms with van der Waals surface area (Å²) in [5.74, 6) is 0.561. The van der Waals surface area contributed by atoms with E-state index in [0.29, 0.717) is 17.8 Å². The van der Waals surface area contributed by atoms with E-state index < -0.39 is 0 Å². The molecule has 16 heavy (non-hydrogen) atoms. The monoisotopic (exact) mass is 220 g/mol. The van der Waals surface area contributed by atoms with E-state index in [9.17, 15) is 4.79 Å². The van der Waals surface area contributed by atoms with E-state index in [1.54, 1.807) is 6.26 Å². The zero-order chi connectivity index (χ0) is 11.1. The Kier molecular flexibility index (Phi) is 2.24. The smallest absolute Gasteiger partial charge is 0.290 e. The molecular weight excluding hydrogens is 204 g/mol. The van der Waals surface area contributed by atoms with Gasteiger partial charge in [0.1, 0.15) is 0 Å². The number of rotatable bonds is 1. The van der Waals surface area contributed by atoms with Gasteiger partial charge in [0.25, 0.3) is 5.91 Å². The van der Waals surface area contributed by atoms with Crippen LogP contribution in [0.4, 0.5) is 0 Å². The third-order valence-corrected chi connectivity index (χ3v) is 3.71. The molecule has 1 aromatic heterocycles. The lowest BCUT2D eigenvalue weighted by atomic mass is 10.1. The van der Waals surface area contributed by atoms with Crippen molar-refractivity contribution in [3.05, 3.63) is 23.7 Å². The topological polar surface area (TPSA) is 45.5 Å². The summed E-state index contributed by atoms with van der Waals surface area (Å²) in [7, 11) is 0. The molecule has 4 heteroatoms. The van der Waals surface area contributed by atoms with Crippen molar-refractivity contribution in [2.45, 2.75) is 31.8 Å². The van der Waals surface area contributed by atoms with Crippen LogP contribution in [-0.2, 0) is 0 Å². The van der Waals surface area contributed by atoms with Gasteiger partial charge in [-0.15, -0.1) is 0 Å². The zero-order valence-electron chi connectivity index (χ0n) is 9.40. The Hall–Kier alpha value is -1.29. The predicted molar refractivity (Wildman–Crippen MR) is 59.3 cm³/mol. The first kappa shape index (κ1) is 9.90. The fourth-order valence-corrected chi connectivity index (χ4v) is 2.84. The lowest BCUT2D eigenvalue weighted by Crippen LogP contribution is -2.38. The lowest BCUT2D eigenvalue weighted by Gasteiger charge is -2.22. The Bertz CT molecular complexity index is 413. The molecule has 2 aliphatic heterocycles. The maximum absolute atomic E-state index is 12.3. The van der Waals surface area contributed by atoms with Gasteiger partial charge in [0.05, 0.1) is 6.26 Å². The number of fused-ring (bicyclic) bond motifs is 1. The normalized spacial score (nSPS) is 28.4. The van der Waals surface area contributed by atoms with Gasteiger partial charge in [-0.05, 0) is 32.4 Å². The maximum atomic E-state index is 12.3. The van der Waals surface area contributed by atoms with E-state index >= 15 is 0 Å². The van der Waals surface area contributed by atoms with Crippen molar-refractivity contribution in [2.75, 3.05) is 13.1 Å². The van der Waals surface area contributed by atoms with Crippen molar-refractivity contribution in [3.63, 3.8) is 0 Å². The van der Waals surface area contributed by atoms with Crippen molar-refractivity contribution in [2.24, 2.45) is 0 Å². The van der Waals surface area contributed by atoms with Crippen LogP contribution in [0.3, 0.4) is 0 Å². The highest BCUT2D eigenvalue weighted by molar-refractivity contribution is 5.93. The molecule has 0 bridgehead atoms. The number of carbonyl (C=O) groups is 1. The molecule has 4 nitrogen and oxygen atoms in total. The number of aryl methyl sites for hydroxylation is 1. The van der Waals surface area contributed by atoms with Crippen molar-refractivity contribution in [3.8, 4) is 0 Å². The van der Waals surface area contributed by atoms with Gasteiger partial charge in [0.2, 0.25) is 0 Å². The SMILES string of the molecule is Cc1ccoc1C(=O)N1CCC2NCCC21. The Balaban J connectivity index is 1.83. The van der Waals surface area contributed by atoms with E-state index in [1.807, 2.05) is 17.9 Å². The van der Waals surface area contributed by atoms with Crippen molar-refractivity contribution < 1.29 is 9.21 Å². The van der Waals surface area contributed by atoms with Crippen LogP contribution in [-0.4, -0.2) is 36.0 Å². The summed E-state index contributed by atoms with van der Waals surface area (Å²) in [5, 5.41) is 3.44. The van der Waals surface area contributed by atoms with E-state index in [2.05, 4.69) is 5.32 Å². The highest BCUT2D eigenvalue weighted by Crippen LogP contribution is 2.27. The van der Waals surface area contributed by atoms with Gasteiger partial charge in [0, 0.05) is 24.2 Å². The number of furan rings is 1. The number of likely N-dealkylation sites (tertiary alicyclic amines) is 1. The highest BCUT2D eigenvalue weighted by Gasteiger charge is 2.40. The molecule has 1 N–H and O–H groups in total. The van der Waals surface area contributed by atoms with Gasteiger partial charge in [-0.3, -0.25) is 4.79 Å². The largest absolute Gasteiger partial charge is 0.459 e. The highest BCUT2D eigenvalue weighted by atomic mass is 16.3. The molecule has 3 rings (SSSR count). The van der Waals surface area contributed by atoms with Crippen LogP contribution in [0.2, 0.25) is 0 Å². The fourth-order valence-electron chi connectivity index (χ4n) is 2.84. The molecule has 1 amide bonds. The standard InChI is InChI=1S/C12H16N2O2/c1-8-4-7-16-11(8)12(15)14-6-3-9-10(14)2-5-13-9/h4,7,9-10,13H,2-3,5-6H2,1H3. The van der Waals surface area contributed by atoms with E-state index in [-0.39, 0.29) is 5.91 Å². The van der Waals surface area contributed by atoms with Gasteiger partial charge < -0.3 is 14.6 Å². The molecule has 2 fully saturated rings. The second-order valence-corrected chi connectivity index (χ2v) is 4.64. The van der Waals surface area contributed by atoms with E-state index in [0.717, 1.165) is 31.5 Å². The number of amides is 1. The van der Waals surface area contributed by atoms with E-state index in [4.69, 9.17) is 4.42 Å². The van der Waals surface area contributed by atoms with Crippen LogP contribution < -0.4 is 5.32 Å². The molecule has 0 aromatic carbocycles. The minimum atomic E-state index is 0.0544. The quantitative estimate of drug-likeness (QED) is 0.772. The third kappa shape index (κ3) is 1.37. The van der Waals surface area contributed by atoms with Crippen LogP contribution in [0.1, 0.15) is 29.0 Å². The Labute approximate surface area is 94.6 Å². The average molecular weight is 220 g/mol. The number of nitrogens with zero attached hydrogens (tertiary/aromatic N) is 1. The molecule has 0 radical (unpaired) electrons. The van der Waals surface area contributed by atoms with Crippen LogP contribution in [0.25, 0.3) is 0 Å². The Morgan fingerprint density at radius 2 is 2.44 bits per heavy atom. The minimum absolute atomic E-state index is 0.0544. The molecule has 1 aromatic rings. The Morgan fingerprint density at radius 1 is 1.56 bits per heavy atom. The summed E-state index contributed by atoms with van der Waals surface area (Å²) in [6, 6.07) is 2.71. The number of nitrogens with one attached hydrogen (secondary N) is 1. The van der Waals surface area contributed by atoms with Gasteiger partial charge in [0.15, 0.2) is 5.76 Å². The first-order valence-corrected chi connectivity index (χ1v) is 5.86. The summed E-state index contributed by atoms with van der Waals surface area (Å²) in [4.78, 5) is 14.2. The van der Waals surface area contributed by atoms with Gasteiger partial charge in [-0.2, -0.15) is 0 Å². The van der Waals surface area contributed by atoms with Crippen molar-refractivity contribution in [1.29, 1.82) is 0 Å². The van der Waals surface area contributed by atoms with Crippen LogP contribution in [0.5, 0.6) is 0 Å². The molecule has 3 heterocycles. The molecule has 0 saturated carbocycles. The molecule has 2 atom stereocenters.